The van der Waals surface area contributed by atoms with Crippen molar-refractivity contribution in [2.24, 2.45) is 5.84 Å². The minimum Gasteiger partial charge on any atom is -0.326 e. The van der Waals surface area contributed by atoms with Crippen molar-refractivity contribution in [1.82, 2.24) is 4.83 Å². The molecule has 16 heavy (non-hydrogen) atoms. The Morgan fingerprint density at radius 2 is 1.88 bits per heavy atom. The largest absolute Gasteiger partial charge is 0.326 e. The lowest BCUT2D eigenvalue weighted by molar-refractivity contribution is -0.114. The van der Waals surface area contributed by atoms with E-state index in [1.807, 2.05) is 0 Å². The fraction of sp³-hybridized carbons (Fsp3) is 0.222. The number of benzene rings is 1. The second kappa shape index (κ2) is 5.06. The van der Waals surface area contributed by atoms with Gasteiger partial charge in [0.15, 0.2) is 0 Å². The standard InChI is InChI=1S/C9H13N3O3S/c1-7(13)11-9-4-2-8(3-5-9)6-16(14,15)12-10/h2-5,12H,6,10H2,1H3,(H,11,13). The summed E-state index contributed by atoms with van der Waals surface area (Å²) >= 11 is 0. The predicted molar refractivity (Wildman–Crippen MR) is 60.7 cm³/mol. The minimum atomic E-state index is -3.47. The van der Waals surface area contributed by atoms with Crippen LogP contribution in [0.4, 0.5) is 5.69 Å². The van der Waals surface area contributed by atoms with E-state index in [4.69, 9.17) is 5.84 Å². The quantitative estimate of drug-likeness (QED) is 0.509. The van der Waals surface area contributed by atoms with Gasteiger partial charge in [-0.15, -0.1) is 0 Å². The normalized spacial score (nSPS) is 11.1. The van der Waals surface area contributed by atoms with Gasteiger partial charge in [0, 0.05) is 12.6 Å². The number of nitrogens with one attached hydrogen (secondary N) is 2. The van der Waals surface area contributed by atoms with Gasteiger partial charge in [-0.25, -0.2) is 8.42 Å². The van der Waals surface area contributed by atoms with Crippen LogP contribution in [0.25, 0.3) is 0 Å². The number of rotatable bonds is 4. The number of carbonyl (C=O) groups is 1. The molecular formula is C9H13N3O3S. The van der Waals surface area contributed by atoms with Crippen LogP contribution in [0, 0.1) is 0 Å². The molecule has 7 heteroatoms. The molecule has 0 radical (unpaired) electrons. The van der Waals surface area contributed by atoms with E-state index in [0.29, 0.717) is 11.3 Å². The molecule has 0 aliphatic heterocycles. The van der Waals surface area contributed by atoms with Crippen molar-refractivity contribution >= 4 is 21.6 Å². The summed E-state index contributed by atoms with van der Waals surface area (Å²) in [6.45, 7) is 1.40. The topological polar surface area (TPSA) is 101 Å². The molecule has 88 valence electrons. The summed E-state index contributed by atoms with van der Waals surface area (Å²) in [5.41, 5.74) is 1.21. The maximum atomic E-state index is 11.1. The SMILES string of the molecule is CC(=O)Nc1ccc(CS(=O)(=O)NN)cc1. The molecule has 6 nitrogen and oxygen atoms in total. The zero-order chi connectivity index (χ0) is 12.2. The van der Waals surface area contributed by atoms with Crippen molar-refractivity contribution < 1.29 is 13.2 Å². The summed E-state index contributed by atoms with van der Waals surface area (Å²) in [7, 11) is -3.47. The first-order valence-corrected chi connectivity index (χ1v) is 6.15. The number of sulfonamides is 1. The number of nitrogens with two attached hydrogens (primary N) is 1. The lowest BCUT2D eigenvalue weighted by Crippen LogP contribution is -2.31. The van der Waals surface area contributed by atoms with Gasteiger partial charge in [0.2, 0.25) is 15.9 Å². The maximum Gasteiger partial charge on any atom is 0.228 e. The highest BCUT2D eigenvalue weighted by atomic mass is 32.2. The molecule has 0 aromatic heterocycles. The molecule has 0 unspecified atom stereocenters. The van der Waals surface area contributed by atoms with E-state index in [0.717, 1.165) is 0 Å². The molecule has 0 saturated heterocycles. The Labute approximate surface area is 93.9 Å². The van der Waals surface area contributed by atoms with Crippen LogP contribution in [-0.2, 0) is 20.6 Å². The van der Waals surface area contributed by atoms with Gasteiger partial charge in [0.05, 0.1) is 5.75 Å². The molecular weight excluding hydrogens is 230 g/mol. The summed E-state index contributed by atoms with van der Waals surface area (Å²) in [5.74, 6) is 4.49. The van der Waals surface area contributed by atoms with Crippen LogP contribution >= 0.6 is 0 Å². The monoisotopic (exact) mass is 243 g/mol. The van der Waals surface area contributed by atoms with E-state index in [1.54, 1.807) is 29.1 Å². The Balaban J connectivity index is 2.76. The third kappa shape index (κ3) is 3.97. The molecule has 0 atom stereocenters. The lowest BCUT2D eigenvalue weighted by Gasteiger charge is -2.04. The summed E-state index contributed by atoms with van der Waals surface area (Å²) in [6, 6.07) is 6.48. The second-order valence-corrected chi connectivity index (χ2v) is 5.01. The van der Waals surface area contributed by atoms with Crippen LogP contribution in [0.15, 0.2) is 24.3 Å². The number of amides is 1. The van der Waals surface area contributed by atoms with Crippen LogP contribution in [0.2, 0.25) is 0 Å². The molecule has 4 N–H and O–H groups in total. The highest BCUT2D eigenvalue weighted by Crippen LogP contribution is 2.11. The number of hydrogen-bond acceptors (Lipinski definition) is 4. The summed E-state index contributed by atoms with van der Waals surface area (Å²) in [4.78, 5) is 12.5. The molecule has 0 spiro atoms. The molecule has 0 saturated carbocycles. The molecule has 0 aliphatic carbocycles. The van der Waals surface area contributed by atoms with Gasteiger partial charge in [0.1, 0.15) is 0 Å². The molecule has 0 aliphatic rings. The molecule has 1 amide bonds. The van der Waals surface area contributed by atoms with E-state index in [1.165, 1.54) is 6.92 Å². The van der Waals surface area contributed by atoms with Crippen LogP contribution < -0.4 is 16.0 Å². The fourth-order valence-electron chi connectivity index (χ4n) is 1.15. The predicted octanol–water partition coefficient (Wildman–Crippen LogP) is -0.0619. The molecule has 0 heterocycles. The first-order chi connectivity index (χ1) is 7.43. The number of anilines is 1. The van der Waals surface area contributed by atoms with E-state index in [2.05, 4.69) is 5.32 Å². The summed E-state index contributed by atoms with van der Waals surface area (Å²) in [5, 5.41) is 2.58. The first kappa shape index (κ1) is 12.6. The second-order valence-electron chi connectivity index (χ2n) is 3.26. The average Bonchev–Trinajstić information content (AvgIpc) is 2.20. The average molecular weight is 243 g/mol. The minimum absolute atomic E-state index is 0.177. The van der Waals surface area contributed by atoms with E-state index < -0.39 is 10.0 Å². The Bertz CT molecular complexity index is 467. The highest BCUT2D eigenvalue weighted by Gasteiger charge is 2.08. The van der Waals surface area contributed by atoms with E-state index in [9.17, 15) is 13.2 Å². The number of hydrogen-bond donors (Lipinski definition) is 3. The van der Waals surface area contributed by atoms with Crippen LogP contribution in [0.3, 0.4) is 0 Å². The smallest absolute Gasteiger partial charge is 0.228 e. The third-order valence-electron chi connectivity index (χ3n) is 1.81. The van der Waals surface area contributed by atoms with Crippen LogP contribution in [-0.4, -0.2) is 14.3 Å². The lowest BCUT2D eigenvalue weighted by atomic mass is 10.2. The van der Waals surface area contributed by atoms with Gasteiger partial charge < -0.3 is 5.32 Å². The number of carbonyl (C=O) groups excluding carboxylic acids is 1. The summed E-state index contributed by atoms with van der Waals surface area (Å²) < 4.78 is 22.3. The molecule has 1 aromatic carbocycles. The van der Waals surface area contributed by atoms with Crippen molar-refractivity contribution in [3.63, 3.8) is 0 Å². The molecule has 1 rings (SSSR count). The van der Waals surface area contributed by atoms with E-state index >= 15 is 0 Å². The van der Waals surface area contributed by atoms with Gasteiger partial charge in [-0.05, 0) is 17.7 Å². The van der Waals surface area contributed by atoms with Gasteiger partial charge in [-0.3, -0.25) is 10.6 Å². The Morgan fingerprint density at radius 1 is 1.31 bits per heavy atom. The number of hydrazine groups is 1. The maximum absolute atomic E-state index is 11.1. The molecule has 0 bridgehead atoms. The van der Waals surface area contributed by atoms with E-state index in [-0.39, 0.29) is 11.7 Å². The van der Waals surface area contributed by atoms with Crippen molar-refractivity contribution in [3.8, 4) is 0 Å². The van der Waals surface area contributed by atoms with Gasteiger partial charge in [-0.1, -0.05) is 12.1 Å². The van der Waals surface area contributed by atoms with Gasteiger partial charge in [0.25, 0.3) is 0 Å². The van der Waals surface area contributed by atoms with Crippen molar-refractivity contribution in [1.29, 1.82) is 0 Å². The van der Waals surface area contributed by atoms with Crippen molar-refractivity contribution in [2.45, 2.75) is 12.7 Å². The van der Waals surface area contributed by atoms with Crippen molar-refractivity contribution in [3.05, 3.63) is 29.8 Å². The Kier molecular flexibility index (Phi) is 3.99. The van der Waals surface area contributed by atoms with Crippen molar-refractivity contribution in [2.75, 3.05) is 5.32 Å². The molecule has 0 fully saturated rings. The van der Waals surface area contributed by atoms with Gasteiger partial charge >= 0.3 is 0 Å². The Morgan fingerprint density at radius 3 is 2.31 bits per heavy atom. The molecule has 1 aromatic rings. The highest BCUT2D eigenvalue weighted by molar-refractivity contribution is 7.88. The fourth-order valence-corrected chi connectivity index (χ4v) is 1.86. The summed E-state index contributed by atoms with van der Waals surface area (Å²) in [6.07, 6.45) is 0. The zero-order valence-corrected chi connectivity index (χ0v) is 9.54. The first-order valence-electron chi connectivity index (χ1n) is 4.49. The van der Waals surface area contributed by atoms with Crippen LogP contribution in [0.1, 0.15) is 12.5 Å². The third-order valence-corrected chi connectivity index (χ3v) is 2.88. The Hall–Kier alpha value is -1.44. The van der Waals surface area contributed by atoms with Crippen LogP contribution in [0.5, 0.6) is 0 Å². The van der Waals surface area contributed by atoms with Gasteiger partial charge in [-0.2, -0.15) is 4.83 Å². The zero-order valence-electron chi connectivity index (χ0n) is 8.73.